The predicted molar refractivity (Wildman–Crippen MR) is 64.4 cm³/mol. The zero-order chi connectivity index (χ0) is 13.8. The molecule has 0 spiro atoms. The minimum atomic E-state index is -4.23. The summed E-state index contributed by atoms with van der Waals surface area (Å²) >= 11 is 0. The van der Waals surface area contributed by atoms with Gasteiger partial charge < -0.3 is 5.11 Å². The number of benzene rings is 1. The zero-order valence-corrected chi connectivity index (χ0v) is 10.5. The van der Waals surface area contributed by atoms with Gasteiger partial charge in [-0.3, -0.25) is 4.90 Å². The highest BCUT2D eigenvalue weighted by molar-refractivity contribution is 5.34. The number of rotatable bonds is 5. The van der Waals surface area contributed by atoms with Crippen LogP contribution < -0.4 is 0 Å². The molecule has 1 unspecified atom stereocenters. The number of nitrogens with zero attached hydrogens (tertiary/aromatic N) is 1. The maximum Gasteiger partial charge on any atom is 0.401 e. The number of alkyl halides is 3. The van der Waals surface area contributed by atoms with Gasteiger partial charge in [-0.25, -0.2) is 0 Å². The highest BCUT2D eigenvalue weighted by Crippen LogP contribution is 2.32. The first-order valence-electron chi connectivity index (χ1n) is 5.97. The van der Waals surface area contributed by atoms with Crippen molar-refractivity contribution in [2.45, 2.75) is 32.5 Å². The van der Waals surface area contributed by atoms with E-state index in [0.29, 0.717) is 12.0 Å². The molecule has 0 radical (unpaired) electrons. The summed E-state index contributed by atoms with van der Waals surface area (Å²) < 4.78 is 37.5. The van der Waals surface area contributed by atoms with Gasteiger partial charge in [0.2, 0.25) is 0 Å². The molecule has 0 fully saturated rings. The molecule has 0 aliphatic rings. The summed E-state index contributed by atoms with van der Waals surface area (Å²) in [5.74, 6) is 0.0463. The standard InChI is InChI=1S/C13H18F3NO/c1-3-11(10-7-5-6-8-12(10)18)17(4-2)9-13(14,15)16/h5-8,11,18H,3-4,9H2,1-2H3. The number of hydrogen-bond acceptors (Lipinski definition) is 2. The van der Waals surface area contributed by atoms with Crippen LogP contribution in [0.5, 0.6) is 5.75 Å². The Hall–Kier alpha value is -1.23. The second kappa shape index (κ2) is 6.09. The molecule has 0 saturated heterocycles. The van der Waals surface area contributed by atoms with Crippen molar-refractivity contribution in [1.82, 2.24) is 4.90 Å². The molecule has 1 aromatic rings. The summed E-state index contributed by atoms with van der Waals surface area (Å²) in [6.07, 6.45) is -3.71. The fourth-order valence-corrected chi connectivity index (χ4v) is 2.12. The smallest absolute Gasteiger partial charge is 0.401 e. The molecule has 0 saturated carbocycles. The third-order valence-electron chi connectivity index (χ3n) is 2.91. The maximum absolute atomic E-state index is 12.5. The molecule has 1 atom stereocenters. The minimum absolute atomic E-state index is 0.0463. The first-order valence-corrected chi connectivity index (χ1v) is 5.97. The average molecular weight is 261 g/mol. The second-order valence-electron chi connectivity index (χ2n) is 4.16. The summed E-state index contributed by atoms with van der Waals surface area (Å²) in [5, 5.41) is 9.75. The lowest BCUT2D eigenvalue weighted by molar-refractivity contribution is -0.150. The normalized spacial score (nSPS) is 13.9. The highest BCUT2D eigenvalue weighted by Gasteiger charge is 2.33. The molecular formula is C13H18F3NO. The van der Waals surface area contributed by atoms with Gasteiger partial charge >= 0.3 is 6.18 Å². The van der Waals surface area contributed by atoms with Crippen molar-refractivity contribution in [3.05, 3.63) is 29.8 Å². The van der Waals surface area contributed by atoms with Gasteiger partial charge in [-0.05, 0) is 19.0 Å². The Bertz CT molecular complexity index is 379. The van der Waals surface area contributed by atoms with Crippen molar-refractivity contribution in [3.63, 3.8) is 0 Å². The van der Waals surface area contributed by atoms with Gasteiger partial charge in [0, 0.05) is 11.6 Å². The Kier molecular flexibility index (Phi) is 5.02. The number of hydrogen-bond donors (Lipinski definition) is 1. The first kappa shape index (κ1) is 14.8. The third kappa shape index (κ3) is 3.91. The molecule has 0 bridgehead atoms. The van der Waals surface area contributed by atoms with Crippen LogP contribution in [0.3, 0.4) is 0 Å². The topological polar surface area (TPSA) is 23.5 Å². The van der Waals surface area contributed by atoms with Crippen LogP contribution in [0.25, 0.3) is 0 Å². The van der Waals surface area contributed by atoms with E-state index < -0.39 is 18.8 Å². The summed E-state index contributed by atoms with van der Waals surface area (Å²) in [6, 6.07) is 6.13. The molecule has 1 aromatic carbocycles. The van der Waals surface area contributed by atoms with Crippen molar-refractivity contribution in [2.24, 2.45) is 0 Å². The van der Waals surface area contributed by atoms with Gasteiger partial charge in [0.15, 0.2) is 0 Å². The molecule has 5 heteroatoms. The van der Waals surface area contributed by atoms with Crippen LogP contribution in [0.4, 0.5) is 13.2 Å². The van der Waals surface area contributed by atoms with Crippen molar-refractivity contribution in [1.29, 1.82) is 0 Å². The van der Waals surface area contributed by atoms with Crippen LogP contribution in [0.2, 0.25) is 0 Å². The van der Waals surface area contributed by atoms with Gasteiger partial charge in [0.25, 0.3) is 0 Å². The fraction of sp³-hybridized carbons (Fsp3) is 0.538. The van der Waals surface area contributed by atoms with Gasteiger partial charge in [0.1, 0.15) is 5.75 Å². The Balaban J connectivity index is 2.97. The molecule has 0 amide bonds. The first-order chi connectivity index (χ1) is 8.39. The van der Waals surface area contributed by atoms with E-state index in [1.807, 2.05) is 6.92 Å². The average Bonchev–Trinajstić information content (AvgIpc) is 2.29. The van der Waals surface area contributed by atoms with Crippen LogP contribution in [-0.4, -0.2) is 29.3 Å². The number of halogens is 3. The molecule has 0 aliphatic heterocycles. The molecule has 18 heavy (non-hydrogen) atoms. The lowest BCUT2D eigenvalue weighted by atomic mass is 10.0. The molecule has 0 aliphatic carbocycles. The Morgan fingerprint density at radius 3 is 2.28 bits per heavy atom. The number of phenols is 1. The van der Waals surface area contributed by atoms with Crippen molar-refractivity contribution in [2.75, 3.05) is 13.1 Å². The number of phenolic OH excluding ortho intramolecular Hbond substituents is 1. The molecule has 2 nitrogen and oxygen atoms in total. The van der Waals surface area contributed by atoms with Crippen LogP contribution in [0.1, 0.15) is 31.9 Å². The SMILES string of the molecule is CCC(c1ccccc1O)N(CC)CC(F)(F)F. The quantitative estimate of drug-likeness (QED) is 0.873. The highest BCUT2D eigenvalue weighted by atomic mass is 19.4. The van der Waals surface area contributed by atoms with Gasteiger partial charge in [-0.2, -0.15) is 13.2 Å². The van der Waals surface area contributed by atoms with Crippen molar-refractivity contribution < 1.29 is 18.3 Å². The summed E-state index contributed by atoms with van der Waals surface area (Å²) in [7, 11) is 0. The Morgan fingerprint density at radius 2 is 1.83 bits per heavy atom. The van der Waals surface area contributed by atoms with E-state index in [9.17, 15) is 18.3 Å². The van der Waals surface area contributed by atoms with E-state index in [1.165, 1.54) is 11.0 Å². The van der Waals surface area contributed by atoms with Crippen LogP contribution in [0.15, 0.2) is 24.3 Å². The predicted octanol–water partition coefficient (Wildman–Crippen LogP) is 3.73. The Labute approximate surface area is 105 Å². The molecule has 1 N–H and O–H groups in total. The van der Waals surface area contributed by atoms with E-state index >= 15 is 0 Å². The summed E-state index contributed by atoms with van der Waals surface area (Å²) in [5.41, 5.74) is 0.547. The largest absolute Gasteiger partial charge is 0.508 e. The van der Waals surface area contributed by atoms with E-state index in [2.05, 4.69) is 0 Å². The lowest BCUT2D eigenvalue weighted by Crippen LogP contribution is -2.37. The molecule has 0 aromatic heterocycles. The van der Waals surface area contributed by atoms with Crippen molar-refractivity contribution >= 4 is 0 Å². The molecule has 0 heterocycles. The van der Waals surface area contributed by atoms with Crippen LogP contribution in [0, 0.1) is 0 Å². The van der Waals surface area contributed by atoms with Gasteiger partial charge in [0.05, 0.1) is 6.54 Å². The zero-order valence-electron chi connectivity index (χ0n) is 10.5. The summed E-state index contributed by atoms with van der Waals surface area (Å²) in [4.78, 5) is 1.33. The third-order valence-corrected chi connectivity index (χ3v) is 2.91. The lowest BCUT2D eigenvalue weighted by Gasteiger charge is -2.31. The Morgan fingerprint density at radius 1 is 1.22 bits per heavy atom. The van der Waals surface area contributed by atoms with E-state index in [1.54, 1.807) is 25.1 Å². The fourth-order valence-electron chi connectivity index (χ4n) is 2.12. The van der Waals surface area contributed by atoms with Crippen LogP contribution >= 0.6 is 0 Å². The second-order valence-corrected chi connectivity index (χ2v) is 4.16. The monoisotopic (exact) mass is 261 g/mol. The molecule has 102 valence electrons. The number of aromatic hydroxyl groups is 1. The summed E-state index contributed by atoms with van der Waals surface area (Å²) in [6.45, 7) is 2.83. The van der Waals surface area contributed by atoms with E-state index in [4.69, 9.17) is 0 Å². The molecule has 1 rings (SSSR count). The molecular weight excluding hydrogens is 243 g/mol. The minimum Gasteiger partial charge on any atom is -0.508 e. The van der Waals surface area contributed by atoms with Crippen molar-refractivity contribution in [3.8, 4) is 5.75 Å². The van der Waals surface area contributed by atoms with Gasteiger partial charge in [-0.15, -0.1) is 0 Å². The van der Waals surface area contributed by atoms with Crippen LogP contribution in [-0.2, 0) is 0 Å². The van der Waals surface area contributed by atoms with E-state index in [-0.39, 0.29) is 12.3 Å². The maximum atomic E-state index is 12.5. The van der Waals surface area contributed by atoms with Gasteiger partial charge in [-0.1, -0.05) is 32.0 Å². The van der Waals surface area contributed by atoms with E-state index in [0.717, 1.165) is 0 Å². The number of para-hydroxylation sites is 1.